The van der Waals surface area contributed by atoms with Crippen molar-refractivity contribution in [3.63, 3.8) is 0 Å². The molecule has 176 valence electrons. The van der Waals surface area contributed by atoms with Gasteiger partial charge in [-0.15, -0.1) is 0 Å². The van der Waals surface area contributed by atoms with Gasteiger partial charge in [-0.1, -0.05) is 42.5 Å². The van der Waals surface area contributed by atoms with E-state index in [1.807, 2.05) is 13.1 Å². The summed E-state index contributed by atoms with van der Waals surface area (Å²) in [6, 6.07) is 16.4. The molecule has 0 unspecified atom stereocenters. The molecule has 0 N–H and O–H groups in total. The summed E-state index contributed by atoms with van der Waals surface area (Å²) in [5.41, 5.74) is 2.00. The molecule has 34 heavy (non-hydrogen) atoms. The van der Waals surface area contributed by atoms with Crippen molar-refractivity contribution < 1.29 is 4.39 Å². The summed E-state index contributed by atoms with van der Waals surface area (Å²) in [6.07, 6.45) is 3.16. The molecular formula is C26H28FN5O2. The molecule has 1 saturated heterocycles. The van der Waals surface area contributed by atoms with Crippen LogP contribution < -0.4 is 16.1 Å². The predicted molar refractivity (Wildman–Crippen MR) is 131 cm³/mol. The SMILES string of the molecule is Cn1c(N2CCC(Cc3ccccc3)CC2)nc2c1c(=O)n(Cc1ccc(F)cc1)c(=O)n2C. The lowest BCUT2D eigenvalue weighted by Gasteiger charge is -2.32. The summed E-state index contributed by atoms with van der Waals surface area (Å²) in [7, 11) is 3.46. The zero-order chi connectivity index (χ0) is 23.8. The number of halogens is 1. The van der Waals surface area contributed by atoms with E-state index in [0.29, 0.717) is 28.6 Å². The van der Waals surface area contributed by atoms with Crippen molar-refractivity contribution in [1.82, 2.24) is 18.7 Å². The molecule has 0 atom stereocenters. The molecule has 0 amide bonds. The van der Waals surface area contributed by atoms with Crippen molar-refractivity contribution >= 4 is 17.1 Å². The number of imidazole rings is 1. The smallest absolute Gasteiger partial charge is 0.332 e. The van der Waals surface area contributed by atoms with E-state index in [2.05, 4.69) is 29.2 Å². The first kappa shape index (κ1) is 22.1. The van der Waals surface area contributed by atoms with Crippen LogP contribution in [0.4, 0.5) is 10.3 Å². The van der Waals surface area contributed by atoms with Crippen LogP contribution in [0.1, 0.15) is 24.0 Å². The molecule has 1 aliphatic rings. The maximum absolute atomic E-state index is 13.3. The maximum Gasteiger partial charge on any atom is 0.332 e. The lowest BCUT2D eigenvalue weighted by atomic mass is 9.90. The Morgan fingerprint density at radius 2 is 1.59 bits per heavy atom. The number of aryl methyl sites for hydroxylation is 2. The lowest BCUT2D eigenvalue weighted by molar-refractivity contribution is 0.399. The van der Waals surface area contributed by atoms with E-state index < -0.39 is 5.69 Å². The molecule has 1 fully saturated rings. The fourth-order valence-corrected chi connectivity index (χ4v) is 4.91. The predicted octanol–water partition coefficient (Wildman–Crippen LogP) is 3.08. The molecule has 5 rings (SSSR count). The van der Waals surface area contributed by atoms with Crippen LogP contribution in [-0.2, 0) is 27.1 Å². The first-order chi connectivity index (χ1) is 16.4. The molecule has 0 radical (unpaired) electrons. The van der Waals surface area contributed by atoms with Gasteiger partial charge in [0.1, 0.15) is 5.82 Å². The Morgan fingerprint density at radius 3 is 2.26 bits per heavy atom. The first-order valence-corrected chi connectivity index (χ1v) is 11.6. The molecule has 0 bridgehead atoms. The van der Waals surface area contributed by atoms with E-state index in [1.54, 1.807) is 23.7 Å². The number of aromatic nitrogens is 4. The molecule has 0 spiro atoms. The van der Waals surface area contributed by atoms with E-state index in [0.717, 1.165) is 32.4 Å². The highest BCUT2D eigenvalue weighted by molar-refractivity contribution is 5.74. The number of fused-ring (bicyclic) bond motifs is 1. The van der Waals surface area contributed by atoms with E-state index in [-0.39, 0.29) is 17.9 Å². The summed E-state index contributed by atoms with van der Waals surface area (Å²) in [5, 5.41) is 0. The van der Waals surface area contributed by atoms with Gasteiger partial charge in [0.15, 0.2) is 11.2 Å². The quantitative estimate of drug-likeness (QED) is 0.458. The van der Waals surface area contributed by atoms with Crippen LogP contribution in [-0.4, -0.2) is 31.8 Å². The highest BCUT2D eigenvalue weighted by Gasteiger charge is 2.25. The highest BCUT2D eigenvalue weighted by Crippen LogP contribution is 2.26. The second-order valence-corrected chi connectivity index (χ2v) is 9.12. The van der Waals surface area contributed by atoms with Crippen molar-refractivity contribution in [3.8, 4) is 0 Å². The van der Waals surface area contributed by atoms with Crippen LogP contribution in [0.15, 0.2) is 64.2 Å². The molecule has 2 aromatic carbocycles. The number of hydrogen-bond acceptors (Lipinski definition) is 4. The van der Waals surface area contributed by atoms with Crippen LogP contribution >= 0.6 is 0 Å². The van der Waals surface area contributed by atoms with Crippen molar-refractivity contribution in [2.24, 2.45) is 20.0 Å². The Balaban J connectivity index is 1.42. The summed E-state index contributed by atoms with van der Waals surface area (Å²) < 4.78 is 17.7. The number of rotatable bonds is 5. The third kappa shape index (κ3) is 4.04. The second kappa shape index (κ2) is 8.93. The zero-order valence-electron chi connectivity index (χ0n) is 19.4. The second-order valence-electron chi connectivity index (χ2n) is 9.12. The Hall–Kier alpha value is -3.68. The van der Waals surface area contributed by atoms with Crippen LogP contribution in [0.5, 0.6) is 0 Å². The normalized spacial score (nSPS) is 14.7. The lowest BCUT2D eigenvalue weighted by Crippen LogP contribution is -2.40. The first-order valence-electron chi connectivity index (χ1n) is 11.6. The Morgan fingerprint density at radius 1 is 0.912 bits per heavy atom. The third-order valence-corrected chi connectivity index (χ3v) is 6.85. The monoisotopic (exact) mass is 461 g/mol. The van der Waals surface area contributed by atoms with Crippen LogP contribution in [0, 0.1) is 11.7 Å². The molecule has 1 aliphatic heterocycles. The van der Waals surface area contributed by atoms with Gasteiger partial charge in [-0.2, -0.15) is 4.98 Å². The molecule has 0 saturated carbocycles. The van der Waals surface area contributed by atoms with Crippen molar-refractivity contribution in [2.45, 2.75) is 25.8 Å². The largest absolute Gasteiger partial charge is 0.342 e. The van der Waals surface area contributed by atoms with Crippen molar-refractivity contribution in [2.75, 3.05) is 18.0 Å². The minimum absolute atomic E-state index is 0.0765. The van der Waals surface area contributed by atoms with Crippen LogP contribution in [0.2, 0.25) is 0 Å². The third-order valence-electron chi connectivity index (χ3n) is 6.85. The van der Waals surface area contributed by atoms with Gasteiger partial charge in [-0.05, 0) is 48.4 Å². The average Bonchev–Trinajstić information content (AvgIpc) is 3.20. The number of hydrogen-bond donors (Lipinski definition) is 0. The van der Waals surface area contributed by atoms with E-state index in [1.165, 1.54) is 26.8 Å². The topological polar surface area (TPSA) is 65.1 Å². The van der Waals surface area contributed by atoms with E-state index in [4.69, 9.17) is 4.98 Å². The molecule has 4 aromatic rings. The summed E-state index contributed by atoms with van der Waals surface area (Å²) in [5.74, 6) is 0.966. The van der Waals surface area contributed by atoms with Crippen LogP contribution in [0.3, 0.4) is 0 Å². The number of piperidine rings is 1. The minimum Gasteiger partial charge on any atom is -0.342 e. The van der Waals surface area contributed by atoms with Gasteiger partial charge in [-0.3, -0.25) is 13.9 Å². The van der Waals surface area contributed by atoms with Crippen molar-refractivity contribution in [3.05, 3.63) is 92.4 Å². The fraction of sp³-hybridized carbons (Fsp3) is 0.346. The summed E-state index contributed by atoms with van der Waals surface area (Å²) in [4.78, 5) is 33.2. The van der Waals surface area contributed by atoms with Gasteiger partial charge >= 0.3 is 5.69 Å². The van der Waals surface area contributed by atoms with Gasteiger partial charge < -0.3 is 9.47 Å². The maximum atomic E-state index is 13.3. The molecular weight excluding hydrogens is 433 g/mol. The molecule has 3 heterocycles. The van der Waals surface area contributed by atoms with Crippen LogP contribution in [0.25, 0.3) is 11.2 Å². The van der Waals surface area contributed by atoms with E-state index >= 15 is 0 Å². The minimum atomic E-state index is -0.437. The highest BCUT2D eigenvalue weighted by atomic mass is 19.1. The Bertz CT molecular complexity index is 1430. The van der Waals surface area contributed by atoms with Gasteiger partial charge in [0.25, 0.3) is 5.56 Å². The Labute approximate surface area is 196 Å². The fourth-order valence-electron chi connectivity index (χ4n) is 4.91. The average molecular weight is 462 g/mol. The van der Waals surface area contributed by atoms with Gasteiger partial charge in [0, 0.05) is 27.2 Å². The molecule has 2 aromatic heterocycles. The summed E-state index contributed by atoms with van der Waals surface area (Å²) in [6.45, 7) is 1.78. The van der Waals surface area contributed by atoms with Gasteiger partial charge in [0.05, 0.1) is 6.54 Å². The molecule has 8 heteroatoms. The number of nitrogens with zero attached hydrogens (tertiary/aromatic N) is 5. The zero-order valence-corrected chi connectivity index (χ0v) is 19.4. The molecule has 7 nitrogen and oxygen atoms in total. The molecule has 0 aliphatic carbocycles. The van der Waals surface area contributed by atoms with Gasteiger partial charge in [0.2, 0.25) is 5.95 Å². The number of anilines is 1. The summed E-state index contributed by atoms with van der Waals surface area (Å²) >= 11 is 0. The standard InChI is InChI=1S/C26H28FN5O2/c1-29-22-23(30(2)26(34)32(24(22)33)17-20-8-10-21(27)11-9-20)28-25(29)31-14-12-19(13-15-31)16-18-6-4-3-5-7-18/h3-11,19H,12-17H2,1-2H3. The Kier molecular flexibility index (Phi) is 5.81. The van der Waals surface area contributed by atoms with E-state index in [9.17, 15) is 14.0 Å². The van der Waals surface area contributed by atoms with Gasteiger partial charge in [-0.25, -0.2) is 9.18 Å². The number of benzene rings is 2. The van der Waals surface area contributed by atoms with Crippen molar-refractivity contribution in [1.29, 1.82) is 0 Å².